The Kier molecular flexibility index (Phi) is 2.78. The molecule has 0 radical (unpaired) electrons. The van der Waals surface area contributed by atoms with Crippen molar-refractivity contribution in [3.05, 3.63) is 41.2 Å². The highest BCUT2D eigenvalue weighted by Gasteiger charge is 2.12. The second-order valence-corrected chi connectivity index (χ2v) is 3.46. The summed E-state index contributed by atoms with van der Waals surface area (Å²) in [4.78, 5) is 18.3. The molecule has 0 aliphatic carbocycles. The minimum atomic E-state index is -0.434. The first-order chi connectivity index (χ1) is 7.66. The molecular formula is C10H8ClN3O2. The van der Waals surface area contributed by atoms with Gasteiger partial charge in [0.05, 0.1) is 10.6 Å². The van der Waals surface area contributed by atoms with E-state index in [4.69, 9.17) is 11.6 Å². The van der Waals surface area contributed by atoms with E-state index >= 15 is 0 Å². The number of rotatable bonds is 2. The molecule has 0 fully saturated rings. The van der Waals surface area contributed by atoms with Gasteiger partial charge in [-0.3, -0.25) is 10.1 Å². The molecule has 82 valence electrons. The van der Waals surface area contributed by atoms with Crippen LogP contribution in [-0.4, -0.2) is 21.0 Å². The molecule has 0 aliphatic heterocycles. The predicted molar refractivity (Wildman–Crippen MR) is 59.7 cm³/mol. The summed E-state index contributed by atoms with van der Waals surface area (Å²) in [6, 6.07) is 4.15. The third kappa shape index (κ3) is 2.14. The summed E-state index contributed by atoms with van der Waals surface area (Å²) in [5.41, 5.74) is 0.193. The topological polar surface area (TPSA) is 78.0 Å². The van der Waals surface area contributed by atoms with Gasteiger partial charge in [-0.25, -0.2) is 4.98 Å². The smallest absolute Gasteiger partial charge is 0.259 e. The Balaban J connectivity index is 2.24. The predicted octanol–water partition coefficient (Wildman–Crippen LogP) is 2.02. The number of nitrogens with zero attached hydrogens (tertiary/aromatic N) is 1. The van der Waals surface area contributed by atoms with Crippen LogP contribution >= 0.6 is 11.6 Å². The number of aromatic nitrogens is 2. The van der Waals surface area contributed by atoms with Gasteiger partial charge in [0, 0.05) is 12.4 Å². The number of carbonyl (C=O) groups is 1. The van der Waals surface area contributed by atoms with Crippen LogP contribution in [0.5, 0.6) is 5.75 Å². The number of nitrogens with one attached hydrogen (secondary N) is 2. The lowest BCUT2D eigenvalue weighted by atomic mass is 10.2. The first kappa shape index (κ1) is 10.5. The molecule has 0 spiro atoms. The van der Waals surface area contributed by atoms with Gasteiger partial charge < -0.3 is 10.1 Å². The van der Waals surface area contributed by atoms with E-state index in [9.17, 15) is 9.90 Å². The Labute approximate surface area is 96.1 Å². The summed E-state index contributed by atoms with van der Waals surface area (Å²) in [5.74, 6) is -0.130. The Morgan fingerprint density at radius 3 is 3.00 bits per heavy atom. The molecule has 5 nitrogen and oxygen atoms in total. The minimum Gasteiger partial charge on any atom is -0.508 e. The lowest BCUT2D eigenvalue weighted by Gasteiger charge is -2.04. The van der Waals surface area contributed by atoms with Gasteiger partial charge in [0.2, 0.25) is 5.95 Å². The van der Waals surface area contributed by atoms with Crippen LogP contribution in [0.4, 0.5) is 5.95 Å². The molecule has 1 aromatic carbocycles. The quantitative estimate of drug-likeness (QED) is 0.748. The van der Waals surface area contributed by atoms with E-state index in [1.807, 2.05) is 0 Å². The summed E-state index contributed by atoms with van der Waals surface area (Å²) >= 11 is 5.83. The molecule has 2 aromatic rings. The number of phenols is 1. The fourth-order valence-electron chi connectivity index (χ4n) is 1.20. The Morgan fingerprint density at radius 2 is 2.31 bits per heavy atom. The van der Waals surface area contributed by atoms with Gasteiger partial charge in [0.1, 0.15) is 5.75 Å². The van der Waals surface area contributed by atoms with Crippen LogP contribution in [-0.2, 0) is 0 Å². The zero-order valence-electron chi connectivity index (χ0n) is 8.07. The van der Waals surface area contributed by atoms with Crippen molar-refractivity contribution in [2.24, 2.45) is 0 Å². The molecule has 1 heterocycles. The van der Waals surface area contributed by atoms with E-state index in [0.29, 0.717) is 5.95 Å². The van der Waals surface area contributed by atoms with Gasteiger partial charge in [-0.1, -0.05) is 11.6 Å². The van der Waals surface area contributed by atoms with Crippen molar-refractivity contribution in [2.75, 3.05) is 5.32 Å². The van der Waals surface area contributed by atoms with Gasteiger partial charge in [-0.2, -0.15) is 0 Å². The number of aromatic hydroxyl groups is 1. The molecule has 0 aliphatic rings. The summed E-state index contributed by atoms with van der Waals surface area (Å²) in [6.45, 7) is 0. The third-order valence-corrected chi connectivity index (χ3v) is 2.25. The van der Waals surface area contributed by atoms with Gasteiger partial charge in [-0.05, 0) is 18.2 Å². The maximum Gasteiger partial charge on any atom is 0.259 e. The number of aromatic amines is 1. The van der Waals surface area contributed by atoms with E-state index in [2.05, 4.69) is 15.3 Å². The van der Waals surface area contributed by atoms with E-state index in [1.54, 1.807) is 6.20 Å². The lowest BCUT2D eigenvalue weighted by molar-refractivity contribution is 0.102. The van der Waals surface area contributed by atoms with E-state index < -0.39 is 5.91 Å². The van der Waals surface area contributed by atoms with Crippen molar-refractivity contribution in [2.45, 2.75) is 0 Å². The lowest BCUT2D eigenvalue weighted by Crippen LogP contribution is -2.13. The molecule has 0 atom stereocenters. The first-order valence-electron chi connectivity index (χ1n) is 4.46. The molecule has 16 heavy (non-hydrogen) atoms. The highest BCUT2D eigenvalue weighted by molar-refractivity contribution is 6.34. The summed E-state index contributed by atoms with van der Waals surface area (Å²) in [7, 11) is 0. The van der Waals surface area contributed by atoms with Crippen LogP contribution in [0.1, 0.15) is 10.4 Å². The van der Waals surface area contributed by atoms with Crippen LogP contribution in [0.3, 0.4) is 0 Å². The number of hydrogen-bond donors (Lipinski definition) is 3. The Hall–Kier alpha value is -2.01. The van der Waals surface area contributed by atoms with Crippen LogP contribution in [0, 0.1) is 0 Å². The first-order valence-corrected chi connectivity index (χ1v) is 4.84. The minimum absolute atomic E-state index is 0.0194. The molecule has 1 aromatic heterocycles. The standard InChI is InChI=1S/C10H8ClN3O2/c11-8-2-1-6(15)5-7(8)9(16)14-10-12-3-4-13-10/h1-5,15H,(H2,12,13,14,16). The maximum atomic E-state index is 11.7. The number of halogens is 1. The van der Waals surface area contributed by atoms with Crippen molar-refractivity contribution in [1.29, 1.82) is 0 Å². The molecule has 1 amide bonds. The summed E-state index contributed by atoms with van der Waals surface area (Å²) < 4.78 is 0. The largest absolute Gasteiger partial charge is 0.508 e. The number of amides is 1. The maximum absolute atomic E-state index is 11.7. The molecule has 6 heteroatoms. The molecule has 0 saturated carbocycles. The van der Waals surface area contributed by atoms with Gasteiger partial charge >= 0.3 is 0 Å². The van der Waals surface area contributed by atoms with Gasteiger partial charge in [0.15, 0.2) is 0 Å². The monoisotopic (exact) mass is 237 g/mol. The highest BCUT2D eigenvalue weighted by atomic mass is 35.5. The van der Waals surface area contributed by atoms with Crippen LogP contribution in [0.2, 0.25) is 5.02 Å². The SMILES string of the molecule is O=C(Nc1ncc[nH]1)c1cc(O)ccc1Cl. The molecule has 0 saturated heterocycles. The zero-order chi connectivity index (χ0) is 11.5. The molecule has 3 N–H and O–H groups in total. The number of hydrogen-bond acceptors (Lipinski definition) is 3. The van der Waals surface area contributed by atoms with Crippen molar-refractivity contribution < 1.29 is 9.90 Å². The van der Waals surface area contributed by atoms with Crippen LogP contribution < -0.4 is 5.32 Å². The Morgan fingerprint density at radius 1 is 1.50 bits per heavy atom. The van der Waals surface area contributed by atoms with Crippen molar-refractivity contribution >= 4 is 23.5 Å². The van der Waals surface area contributed by atoms with Crippen molar-refractivity contribution in [3.63, 3.8) is 0 Å². The average molecular weight is 238 g/mol. The molecule has 2 rings (SSSR count). The summed E-state index contributed by atoms with van der Waals surface area (Å²) in [5, 5.41) is 12.0. The molecule has 0 unspecified atom stereocenters. The third-order valence-electron chi connectivity index (χ3n) is 1.92. The van der Waals surface area contributed by atoms with E-state index in [1.165, 1.54) is 24.4 Å². The van der Waals surface area contributed by atoms with Gasteiger partial charge in [0.25, 0.3) is 5.91 Å². The molecule has 0 bridgehead atoms. The number of carbonyl (C=O) groups excluding carboxylic acids is 1. The van der Waals surface area contributed by atoms with Crippen LogP contribution in [0.15, 0.2) is 30.6 Å². The number of H-pyrrole nitrogens is 1. The fourth-order valence-corrected chi connectivity index (χ4v) is 1.40. The van der Waals surface area contributed by atoms with Crippen molar-refractivity contribution in [1.82, 2.24) is 9.97 Å². The number of anilines is 1. The number of phenolic OH excluding ortho intramolecular Hbond substituents is 1. The highest BCUT2D eigenvalue weighted by Crippen LogP contribution is 2.21. The summed E-state index contributed by atoms with van der Waals surface area (Å²) in [6.07, 6.45) is 3.10. The molecular weight excluding hydrogens is 230 g/mol. The normalized spacial score (nSPS) is 10.1. The van der Waals surface area contributed by atoms with Crippen molar-refractivity contribution in [3.8, 4) is 5.75 Å². The van der Waals surface area contributed by atoms with E-state index in [-0.39, 0.29) is 16.3 Å². The van der Waals surface area contributed by atoms with E-state index in [0.717, 1.165) is 0 Å². The zero-order valence-corrected chi connectivity index (χ0v) is 8.82. The number of imidazole rings is 1. The average Bonchev–Trinajstić information content (AvgIpc) is 2.74. The van der Waals surface area contributed by atoms with Crippen LogP contribution in [0.25, 0.3) is 0 Å². The van der Waals surface area contributed by atoms with Gasteiger partial charge in [-0.15, -0.1) is 0 Å². The Bertz CT molecular complexity index is 511. The second-order valence-electron chi connectivity index (χ2n) is 3.06. The second kappa shape index (κ2) is 4.24. The number of benzene rings is 1. The fraction of sp³-hybridized carbons (Fsp3) is 0.